The topological polar surface area (TPSA) is 15.3 Å². The number of hydrogen-bond donors (Lipinski definition) is 1. The van der Waals surface area contributed by atoms with Gasteiger partial charge in [0.15, 0.2) is 0 Å². The van der Waals surface area contributed by atoms with Gasteiger partial charge in [-0.2, -0.15) is 11.8 Å². The summed E-state index contributed by atoms with van der Waals surface area (Å²) in [5, 5.41) is 3.52. The molecule has 3 heteroatoms. The van der Waals surface area contributed by atoms with Crippen LogP contribution in [0, 0.1) is 5.92 Å². The lowest BCUT2D eigenvalue weighted by Crippen LogP contribution is -2.46. The first-order chi connectivity index (χ1) is 7.39. The number of nitrogens with zero attached hydrogens (tertiary/aromatic N) is 1. The molecule has 0 aromatic carbocycles. The van der Waals surface area contributed by atoms with Crippen molar-refractivity contribution in [3.8, 4) is 0 Å². The molecule has 0 aliphatic carbocycles. The summed E-state index contributed by atoms with van der Waals surface area (Å²) in [7, 11) is 0. The predicted octanol–water partition coefficient (Wildman–Crippen LogP) is 2.45. The molecule has 16 heavy (non-hydrogen) atoms. The third kappa shape index (κ3) is 5.55. The number of hydrogen-bond acceptors (Lipinski definition) is 3. The average molecular weight is 244 g/mol. The quantitative estimate of drug-likeness (QED) is 0.800. The van der Waals surface area contributed by atoms with E-state index < -0.39 is 0 Å². The fourth-order valence-corrected chi connectivity index (χ4v) is 3.39. The van der Waals surface area contributed by atoms with E-state index in [-0.39, 0.29) is 0 Å². The molecule has 1 saturated heterocycles. The summed E-state index contributed by atoms with van der Waals surface area (Å²) in [6.07, 6.45) is 0. The molecule has 1 heterocycles. The third-order valence-electron chi connectivity index (χ3n) is 2.95. The van der Waals surface area contributed by atoms with E-state index in [1.807, 2.05) is 0 Å². The summed E-state index contributed by atoms with van der Waals surface area (Å²) >= 11 is 2.11. The normalized spacial score (nSPS) is 23.6. The summed E-state index contributed by atoms with van der Waals surface area (Å²) in [6, 6.07) is 0.607. The van der Waals surface area contributed by atoms with Gasteiger partial charge in [0.25, 0.3) is 0 Å². The Bertz CT molecular complexity index is 204. The second-order valence-corrected chi connectivity index (χ2v) is 7.81. The van der Waals surface area contributed by atoms with E-state index in [0.29, 0.717) is 10.8 Å². The van der Waals surface area contributed by atoms with Crippen molar-refractivity contribution in [2.24, 2.45) is 5.92 Å². The highest BCUT2D eigenvalue weighted by atomic mass is 32.2. The molecule has 1 atom stereocenters. The van der Waals surface area contributed by atoms with Crippen molar-refractivity contribution < 1.29 is 0 Å². The van der Waals surface area contributed by atoms with Crippen LogP contribution in [-0.4, -0.2) is 47.6 Å². The second kappa shape index (κ2) is 6.27. The molecule has 0 aromatic rings. The first-order valence-corrected chi connectivity index (χ1v) is 7.47. The van der Waals surface area contributed by atoms with E-state index in [1.54, 1.807) is 0 Å². The Labute approximate surface area is 106 Å². The zero-order valence-electron chi connectivity index (χ0n) is 11.5. The highest BCUT2D eigenvalue weighted by molar-refractivity contribution is 8.00. The minimum atomic E-state index is 0.448. The zero-order chi connectivity index (χ0) is 12.2. The first kappa shape index (κ1) is 14.3. The largest absolute Gasteiger partial charge is 0.314 e. The summed E-state index contributed by atoms with van der Waals surface area (Å²) in [5.41, 5.74) is 0. The molecule has 1 rings (SSSR count). The van der Waals surface area contributed by atoms with Gasteiger partial charge in [0, 0.05) is 36.2 Å². The van der Waals surface area contributed by atoms with Crippen molar-refractivity contribution in [2.45, 2.75) is 45.4 Å². The van der Waals surface area contributed by atoms with Gasteiger partial charge >= 0.3 is 0 Å². The summed E-state index contributed by atoms with van der Waals surface area (Å²) in [4.78, 5) is 2.63. The van der Waals surface area contributed by atoms with Gasteiger partial charge in [-0.15, -0.1) is 0 Å². The van der Waals surface area contributed by atoms with E-state index >= 15 is 0 Å². The SMILES string of the molecule is CC(CNC(C)C)CN1CCSC(C)(C)C1. The van der Waals surface area contributed by atoms with Gasteiger partial charge in [-0.3, -0.25) is 0 Å². The van der Waals surface area contributed by atoms with Crippen LogP contribution in [0.1, 0.15) is 34.6 Å². The van der Waals surface area contributed by atoms with E-state index in [2.05, 4.69) is 56.6 Å². The summed E-state index contributed by atoms with van der Waals surface area (Å²) < 4.78 is 0.448. The van der Waals surface area contributed by atoms with Gasteiger partial charge in [-0.05, 0) is 26.3 Å². The number of nitrogens with one attached hydrogen (secondary N) is 1. The maximum atomic E-state index is 3.52. The second-order valence-electron chi connectivity index (χ2n) is 6.01. The predicted molar refractivity (Wildman–Crippen MR) is 75.3 cm³/mol. The van der Waals surface area contributed by atoms with Crippen molar-refractivity contribution in [3.63, 3.8) is 0 Å². The van der Waals surface area contributed by atoms with Crippen molar-refractivity contribution in [1.82, 2.24) is 10.2 Å². The highest BCUT2D eigenvalue weighted by Gasteiger charge is 2.27. The lowest BCUT2D eigenvalue weighted by Gasteiger charge is -2.38. The van der Waals surface area contributed by atoms with Crippen molar-refractivity contribution in [1.29, 1.82) is 0 Å². The van der Waals surface area contributed by atoms with E-state index in [1.165, 1.54) is 25.4 Å². The van der Waals surface area contributed by atoms with Gasteiger partial charge < -0.3 is 10.2 Å². The smallest absolute Gasteiger partial charge is 0.0231 e. The lowest BCUT2D eigenvalue weighted by molar-refractivity contribution is 0.223. The van der Waals surface area contributed by atoms with Crippen LogP contribution in [0.4, 0.5) is 0 Å². The molecule has 96 valence electrons. The van der Waals surface area contributed by atoms with Crippen LogP contribution in [-0.2, 0) is 0 Å². The van der Waals surface area contributed by atoms with E-state index in [9.17, 15) is 0 Å². The van der Waals surface area contributed by atoms with Gasteiger partial charge in [0.1, 0.15) is 0 Å². The molecule has 0 spiro atoms. The third-order valence-corrected chi connectivity index (χ3v) is 4.25. The minimum Gasteiger partial charge on any atom is -0.314 e. The van der Waals surface area contributed by atoms with Crippen LogP contribution in [0.3, 0.4) is 0 Å². The van der Waals surface area contributed by atoms with E-state index in [4.69, 9.17) is 0 Å². The Hall–Kier alpha value is 0.270. The van der Waals surface area contributed by atoms with Gasteiger partial charge in [-0.25, -0.2) is 0 Å². The maximum Gasteiger partial charge on any atom is 0.0231 e. The highest BCUT2D eigenvalue weighted by Crippen LogP contribution is 2.29. The standard InChI is InChI=1S/C13H28N2S/c1-11(2)14-8-12(3)9-15-6-7-16-13(4,5)10-15/h11-12,14H,6-10H2,1-5H3. The fourth-order valence-electron chi connectivity index (χ4n) is 2.21. The fraction of sp³-hybridized carbons (Fsp3) is 1.00. The lowest BCUT2D eigenvalue weighted by atomic mass is 10.1. The van der Waals surface area contributed by atoms with E-state index in [0.717, 1.165) is 12.5 Å². The molecule has 2 nitrogen and oxygen atoms in total. The molecule has 1 fully saturated rings. The Morgan fingerprint density at radius 1 is 1.31 bits per heavy atom. The molecule has 1 unspecified atom stereocenters. The number of thioether (sulfide) groups is 1. The number of rotatable bonds is 5. The maximum absolute atomic E-state index is 3.52. The zero-order valence-corrected chi connectivity index (χ0v) is 12.4. The van der Waals surface area contributed by atoms with Crippen LogP contribution in [0.25, 0.3) is 0 Å². The minimum absolute atomic E-state index is 0.448. The molecule has 1 N–H and O–H groups in total. The average Bonchev–Trinajstić information content (AvgIpc) is 2.13. The van der Waals surface area contributed by atoms with Gasteiger partial charge in [0.2, 0.25) is 0 Å². The van der Waals surface area contributed by atoms with Crippen LogP contribution >= 0.6 is 11.8 Å². The van der Waals surface area contributed by atoms with Crippen LogP contribution in [0.2, 0.25) is 0 Å². The molecule has 1 aliphatic heterocycles. The van der Waals surface area contributed by atoms with Crippen LogP contribution in [0.5, 0.6) is 0 Å². The first-order valence-electron chi connectivity index (χ1n) is 6.49. The molecular formula is C13H28N2S. The molecule has 0 saturated carbocycles. The molecule has 0 radical (unpaired) electrons. The van der Waals surface area contributed by atoms with Gasteiger partial charge in [0.05, 0.1) is 0 Å². The van der Waals surface area contributed by atoms with Crippen LogP contribution < -0.4 is 5.32 Å². The Morgan fingerprint density at radius 2 is 2.00 bits per heavy atom. The van der Waals surface area contributed by atoms with Crippen molar-refractivity contribution in [2.75, 3.05) is 31.9 Å². The Kier molecular flexibility index (Phi) is 5.62. The summed E-state index contributed by atoms with van der Waals surface area (Å²) in [5.74, 6) is 2.04. The van der Waals surface area contributed by atoms with Crippen LogP contribution in [0.15, 0.2) is 0 Å². The molecule has 0 bridgehead atoms. The Morgan fingerprint density at radius 3 is 2.56 bits per heavy atom. The Balaban J connectivity index is 2.25. The molecule has 0 amide bonds. The monoisotopic (exact) mass is 244 g/mol. The molecule has 1 aliphatic rings. The van der Waals surface area contributed by atoms with Crippen molar-refractivity contribution >= 4 is 11.8 Å². The molecule has 0 aromatic heterocycles. The van der Waals surface area contributed by atoms with Crippen molar-refractivity contribution in [3.05, 3.63) is 0 Å². The molecular weight excluding hydrogens is 216 g/mol. The van der Waals surface area contributed by atoms with Gasteiger partial charge in [-0.1, -0.05) is 20.8 Å². The summed E-state index contributed by atoms with van der Waals surface area (Å²) in [6.45, 7) is 16.4.